The molecule has 0 aromatic heterocycles. The number of halogens is 1. The normalized spacial score (nSPS) is 13.0. The molecule has 0 amide bonds. The highest BCUT2D eigenvalue weighted by Gasteiger charge is 1.94. The summed E-state index contributed by atoms with van der Waals surface area (Å²) in [6.07, 6.45) is 0. The third-order valence-electron chi connectivity index (χ3n) is 0.204. The van der Waals surface area contributed by atoms with E-state index in [4.69, 9.17) is 0 Å². The molecule has 1 heterocycles. The zero-order valence-corrected chi connectivity index (χ0v) is 4.62. The third kappa shape index (κ3) is 29.6. The molecule has 0 aromatic rings. The first-order valence-corrected chi connectivity index (χ1v) is 1.65. The molecule has 3 heteroatoms. The van der Waals surface area contributed by atoms with Crippen molar-refractivity contribution < 1.29 is 4.74 Å². The molecule has 2 nitrogen and oxygen atoms in total. The summed E-state index contributed by atoms with van der Waals surface area (Å²) in [5, 5.41) is 0. The molecule has 0 atom stereocenters. The molecule has 1 fully saturated rings. The average molecular weight is 112 g/mol. The molecule has 0 bridgehead atoms. The summed E-state index contributed by atoms with van der Waals surface area (Å²) in [4.78, 5) is 0. The van der Waals surface area contributed by atoms with Gasteiger partial charge in [0.1, 0.15) is 0 Å². The average Bonchev–Trinajstić information content (AvgIpc) is 2.19. The lowest BCUT2D eigenvalue weighted by molar-refractivity contribution is 0.475. The maximum absolute atomic E-state index is 4.50. The van der Waals surface area contributed by atoms with Crippen LogP contribution < -0.4 is 5.73 Å². The first-order chi connectivity index (χ1) is 2.50. The topological polar surface area (TPSA) is 38.5 Å². The summed E-state index contributed by atoms with van der Waals surface area (Å²) in [7, 11) is 1.50. The molecule has 2 N–H and O–H groups in total. The van der Waals surface area contributed by atoms with Gasteiger partial charge in [-0.2, -0.15) is 0 Å². The second kappa shape index (κ2) is 8.96. The van der Waals surface area contributed by atoms with Gasteiger partial charge in [-0.05, 0) is 7.05 Å². The third-order valence-corrected chi connectivity index (χ3v) is 0.204. The fraction of sp³-hybridized carbons (Fsp3) is 1.00. The lowest BCUT2D eigenvalue weighted by Crippen LogP contribution is -1.69. The van der Waals surface area contributed by atoms with Crippen molar-refractivity contribution in [2.75, 3.05) is 20.3 Å². The number of ether oxygens (including phenoxy) is 1. The maximum Gasteiger partial charge on any atom is 0.0701 e. The highest BCUT2D eigenvalue weighted by molar-refractivity contribution is 5.85. The van der Waals surface area contributed by atoms with Gasteiger partial charge in [0, 0.05) is 0 Å². The summed E-state index contributed by atoms with van der Waals surface area (Å²) in [5.74, 6) is 0. The number of epoxide rings is 1. The minimum absolute atomic E-state index is 0. The summed E-state index contributed by atoms with van der Waals surface area (Å²) < 4.78 is 4.50. The van der Waals surface area contributed by atoms with Crippen LogP contribution in [0.4, 0.5) is 0 Å². The van der Waals surface area contributed by atoms with E-state index < -0.39 is 0 Å². The van der Waals surface area contributed by atoms with Gasteiger partial charge in [-0.3, -0.25) is 0 Å². The van der Waals surface area contributed by atoms with Crippen molar-refractivity contribution in [3.63, 3.8) is 0 Å². The lowest BCUT2D eigenvalue weighted by atomic mass is 11.0. The first kappa shape index (κ1) is 9.51. The van der Waals surface area contributed by atoms with Crippen molar-refractivity contribution in [3.05, 3.63) is 0 Å². The van der Waals surface area contributed by atoms with Gasteiger partial charge < -0.3 is 10.5 Å². The van der Waals surface area contributed by atoms with Crippen molar-refractivity contribution in [2.45, 2.75) is 0 Å². The molecule has 0 saturated carbocycles. The predicted octanol–water partition coefficient (Wildman–Crippen LogP) is 0.0133. The fourth-order valence-corrected chi connectivity index (χ4v) is 0. The van der Waals surface area contributed by atoms with E-state index in [2.05, 4.69) is 10.5 Å². The molecule has 1 aliphatic heterocycles. The molecule has 0 aromatic carbocycles. The van der Waals surface area contributed by atoms with E-state index in [-0.39, 0.29) is 12.4 Å². The standard InChI is InChI=1S/C2H4O.CH5N.ClH/c1-2-3-1;1-2;/h1-2H2;2H2,1H3;1H. The number of nitrogens with two attached hydrogens (primary N) is 1. The molecule has 1 rings (SSSR count). The van der Waals surface area contributed by atoms with E-state index in [1.165, 1.54) is 7.05 Å². The van der Waals surface area contributed by atoms with E-state index in [1.807, 2.05) is 0 Å². The first-order valence-electron chi connectivity index (χ1n) is 1.65. The zero-order valence-electron chi connectivity index (χ0n) is 3.81. The Balaban J connectivity index is 0. The molecule has 1 saturated heterocycles. The Kier molecular flexibility index (Phi) is 14.2. The summed E-state index contributed by atoms with van der Waals surface area (Å²) in [6, 6.07) is 0. The number of rotatable bonds is 0. The largest absolute Gasteiger partial charge is 0.377 e. The van der Waals surface area contributed by atoms with Gasteiger partial charge in [-0.1, -0.05) is 0 Å². The zero-order chi connectivity index (χ0) is 4.12. The number of hydrogen-bond acceptors (Lipinski definition) is 2. The Morgan fingerprint density at radius 2 is 1.50 bits per heavy atom. The van der Waals surface area contributed by atoms with E-state index in [0.717, 1.165) is 13.2 Å². The quantitative estimate of drug-likeness (QED) is 0.448. The van der Waals surface area contributed by atoms with Crippen LogP contribution in [0.1, 0.15) is 0 Å². The van der Waals surface area contributed by atoms with E-state index >= 15 is 0 Å². The van der Waals surface area contributed by atoms with Gasteiger partial charge in [0.05, 0.1) is 13.2 Å². The molecule has 0 aliphatic carbocycles. The number of hydrogen-bond donors (Lipinski definition) is 1. The van der Waals surface area contributed by atoms with E-state index in [0.29, 0.717) is 0 Å². The SMILES string of the molecule is C1CO1.CN.Cl. The molecule has 0 unspecified atom stereocenters. The highest BCUT2D eigenvalue weighted by Crippen LogP contribution is 1.84. The second-order valence-electron chi connectivity index (χ2n) is 0.612. The Morgan fingerprint density at radius 1 is 1.33 bits per heavy atom. The maximum atomic E-state index is 4.50. The monoisotopic (exact) mass is 111 g/mol. The second-order valence-corrected chi connectivity index (χ2v) is 0.612. The molecule has 40 valence electrons. The summed E-state index contributed by atoms with van der Waals surface area (Å²) in [6.45, 7) is 2.00. The minimum Gasteiger partial charge on any atom is -0.377 e. The van der Waals surface area contributed by atoms with E-state index in [9.17, 15) is 0 Å². The van der Waals surface area contributed by atoms with Crippen molar-refractivity contribution in [2.24, 2.45) is 5.73 Å². The Bertz CT molecular complexity index is 15.5. The molecule has 0 radical (unpaired) electrons. The Labute approximate surface area is 44.1 Å². The van der Waals surface area contributed by atoms with Crippen LogP contribution in [0, 0.1) is 0 Å². The Morgan fingerprint density at radius 3 is 1.50 bits per heavy atom. The van der Waals surface area contributed by atoms with Crippen molar-refractivity contribution in [1.82, 2.24) is 0 Å². The van der Waals surface area contributed by atoms with Crippen LogP contribution in [0.25, 0.3) is 0 Å². The molecule has 6 heavy (non-hydrogen) atoms. The van der Waals surface area contributed by atoms with Crippen LogP contribution in [0.5, 0.6) is 0 Å². The van der Waals surface area contributed by atoms with Gasteiger partial charge in [-0.15, -0.1) is 12.4 Å². The smallest absolute Gasteiger partial charge is 0.0701 e. The van der Waals surface area contributed by atoms with Gasteiger partial charge in [0.25, 0.3) is 0 Å². The molecular weight excluding hydrogens is 101 g/mol. The lowest BCUT2D eigenvalue weighted by Gasteiger charge is -1.24. The van der Waals surface area contributed by atoms with Gasteiger partial charge in [-0.25, -0.2) is 0 Å². The van der Waals surface area contributed by atoms with E-state index in [1.54, 1.807) is 0 Å². The van der Waals surface area contributed by atoms with Gasteiger partial charge in [0.2, 0.25) is 0 Å². The predicted molar refractivity (Wildman–Crippen MR) is 28.2 cm³/mol. The highest BCUT2D eigenvalue weighted by atomic mass is 35.5. The van der Waals surface area contributed by atoms with Crippen molar-refractivity contribution >= 4 is 12.4 Å². The van der Waals surface area contributed by atoms with Crippen LogP contribution in [0.15, 0.2) is 0 Å². The van der Waals surface area contributed by atoms with Crippen LogP contribution in [-0.2, 0) is 4.74 Å². The van der Waals surface area contributed by atoms with Crippen LogP contribution in [0.3, 0.4) is 0 Å². The molecule has 1 aliphatic rings. The molecule has 0 spiro atoms. The van der Waals surface area contributed by atoms with Crippen LogP contribution >= 0.6 is 12.4 Å². The van der Waals surface area contributed by atoms with Crippen molar-refractivity contribution in [3.8, 4) is 0 Å². The Hall–Kier alpha value is 0.210. The van der Waals surface area contributed by atoms with Gasteiger partial charge >= 0.3 is 0 Å². The van der Waals surface area contributed by atoms with Crippen LogP contribution in [-0.4, -0.2) is 20.3 Å². The van der Waals surface area contributed by atoms with Crippen molar-refractivity contribution in [1.29, 1.82) is 0 Å². The summed E-state index contributed by atoms with van der Waals surface area (Å²) >= 11 is 0. The van der Waals surface area contributed by atoms with Crippen LogP contribution in [0.2, 0.25) is 0 Å². The minimum atomic E-state index is 0. The van der Waals surface area contributed by atoms with Gasteiger partial charge in [0.15, 0.2) is 0 Å². The fourth-order valence-electron chi connectivity index (χ4n) is 0. The summed E-state index contributed by atoms with van der Waals surface area (Å²) in [5.41, 5.74) is 4.50. The molecular formula is C3H10ClNO.